The van der Waals surface area contributed by atoms with Gasteiger partial charge in [0.15, 0.2) is 5.82 Å². The van der Waals surface area contributed by atoms with Crippen LogP contribution in [0, 0.1) is 0 Å². The van der Waals surface area contributed by atoms with E-state index in [9.17, 15) is 0 Å². The summed E-state index contributed by atoms with van der Waals surface area (Å²) in [5.74, 6) is 1.97. The van der Waals surface area contributed by atoms with Crippen LogP contribution in [0.15, 0.2) is 36.4 Å². The lowest BCUT2D eigenvalue weighted by atomic mass is 10.1. The van der Waals surface area contributed by atoms with Gasteiger partial charge in [0.05, 0.1) is 0 Å². The number of benzene rings is 1. The molecule has 0 spiro atoms. The Hall–Kier alpha value is -2.14. The minimum atomic E-state index is 0.453. The van der Waals surface area contributed by atoms with Crippen LogP contribution >= 0.6 is 0 Å². The van der Waals surface area contributed by atoms with Crippen molar-refractivity contribution in [3.63, 3.8) is 0 Å². The Bertz CT molecular complexity index is 564. The molecule has 0 unspecified atom stereocenters. The minimum Gasteiger partial charge on any atom is -0.384 e. The van der Waals surface area contributed by atoms with Gasteiger partial charge in [-0.2, -0.15) is 0 Å². The molecule has 0 saturated carbocycles. The maximum Gasteiger partial charge on any atom is 0.163 e. The van der Waals surface area contributed by atoms with E-state index in [2.05, 4.69) is 20.6 Å². The Kier molecular flexibility index (Phi) is 3.78. The lowest BCUT2D eigenvalue weighted by Crippen LogP contribution is -2.35. The predicted octanol–water partition coefficient (Wildman–Crippen LogP) is 1.89. The van der Waals surface area contributed by atoms with Crippen LogP contribution in [0.3, 0.4) is 0 Å². The Morgan fingerprint density at radius 3 is 2.60 bits per heavy atom. The van der Waals surface area contributed by atoms with Gasteiger partial charge in [-0.1, -0.05) is 30.3 Å². The zero-order valence-electron chi connectivity index (χ0n) is 11.3. The van der Waals surface area contributed by atoms with E-state index >= 15 is 0 Å². The third kappa shape index (κ3) is 3.05. The van der Waals surface area contributed by atoms with Gasteiger partial charge >= 0.3 is 0 Å². The molecule has 1 saturated heterocycles. The first-order chi connectivity index (χ1) is 9.81. The molecule has 0 aliphatic carbocycles. The molecule has 4 N–H and O–H groups in total. The molecular weight excluding hydrogens is 250 g/mol. The highest BCUT2D eigenvalue weighted by Crippen LogP contribution is 2.20. The SMILES string of the molecule is Nc1cc(NC2CCNCC2)nc(-c2ccccc2)n1. The molecule has 0 bridgehead atoms. The van der Waals surface area contributed by atoms with Gasteiger partial charge in [-0.05, 0) is 25.9 Å². The van der Waals surface area contributed by atoms with Crippen LogP contribution in [0.2, 0.25) is 0 Å². The number of nitrogen functional groups attached to an aromatic ring is 1. The molecule has 3 rings (SSSR count). The lowest BCUT2D eigenvalue weighted by molar-refractivity contribution is 0.478. The van der Waals surface area contributed by atoms with Crippen LogP contribution in [-0.4, -0.2) is 29.1 Å². The molecule has 5 heteroatoms. The van der Waals surface area contributed by atoms with Gasteiger partial charge in [-0.25, -0.2) is 9.97 Å². The van der Waals surface area contributed by atoms with Crippen molar-refractivity contribution in [1.29, 1.82) is 0 Å². The van der Waals surface area contributed by atoms with Gasteiger partial charge in [0, 0.05) is 17.7 Å². The monoisotopic (exact) mass is 269 g/mol. The van der Waals surface area contributed by atoms with Crippen molar-refractivity contribution >= 4 is 11.6 Å². The summed E-state index contributed by atoms with van der Waals surface area (Å²) < 4.78 is 0. The van der Waals surface area contributed by atoms with Crippen LogP contribution in [0.1, 0.15) is 12.8 Å². The molecule has 0 atom stereocenters. The molecule has 0 amide bonds. The van der Waals surface area contributed by atoms with Gasteiger partial charge in [0.2, 0.25) is 0 Å². The number of hydrogen-bond acceptors (Lipinski definition) is 5. The summed E-state index contributed by atoms with van der Waals surface area (Å²) in [6.07, 6.45) is 2.20. The van der Waals surface area contributed by atoms with Crippen molar-refractivity contribution in [1.82, 2.24) is 15.3 Å². The van der Waals surface area contributed by atoms with Crippen LogP contribution in [0.5, 0.6) is 0 Å². The summed E-state index contributed by atoms with van der Waals surface area (Å²) in [7, 11) is 0. The predicted molar refractivity (Wildman–Crippen MR) is 81.4 cm³/mol. The molecule has 5 nitrogen and oxygen atoms in total. The van der Waals surface area contributed by atoms with E-state index in [1.165, 1.54) is 0 Å². The molecule has 1 fully saturated rings. The average molecular weight is 269 g/mol. The molecular formula is C15H19N5. The zero-order valence-corrected chi connectivity index (χ0v) is 11.3. The summed E-state index contributed by atoms with van der Waals surface area (Å²) in [5.41, 5.74) is 6.88. The molecule has 1 aromatic carbocycles. The van der Waals surface area contributed by atoms with Gasteiger partial charge < -0.3 is 16.4 Å². The van der Waals surface area contributed by atoms with Crippen molar-refractivity contribution in [2.45, 2.75) is 18.9 Å². The first-order valence-electron chi connectivity index (χ1n) is 6.98. The van der Waals surface area contributed by atoms with Gasteiger partial charge in [-0.15, -0.1) is 0 Å². The summed E-state index contributed by atoms with van der Waals surface area (Å²) in [6.45, 7) is 2.09. The Morgan fingerprint density at radius 1 is 1.10 bits per heavy atom. The molecule has 0 radical (unpaired) electrons. The maximum atomic E-state index is 5.90. The number of hydrogen-bond donors (Lipinski definition) is 3. The largest absolute Gasteiger partial charge is 0.384 e. The van der Waals surface area contributed by atoms with Gasteiger partial charge in [0.25, 0.3) is 0 Å². The molecule has 1 aromatic heterocycles. The number of rotatable bonds is 3. The van der Waals surface area contributed by atoms with E-state index in [0.717, 1.165) is 37.3 Å². The molecule has 104 valence electrons. The number of nitrogens with zero attached hydrogens (tertiary/aromatic N) is 2. The van der Waals surface area contributed by atoms with E-state index in [1.54, 1.807) is 6.07 Å². The number of anilines is 2. The molecule has 1 aliphatic heterocycles. The first-order valence-corrected chi connectivity index (χ1v) is 6.98. The Labute approximate surface area is 118 Å². The van der Waals surface area contributed by atoms with Gasteiger partial charge in [0.1, 0.15) is 11.6 Å². The van der Waals surface area contributed by atoms with Crippen LogP contribution in [0.4, 0.5) is 11.6 Å². The Balaban J connectivity index is 1.83. The maximum absolute atomic E-state index is 5.90. The highest BCUT2D eigenvalue weighted by Gasteiger charge is 2.14. The Morgan fingerprint density at radius 2 is 1.85 bits per heavy atom. The molecule has 2 aromatic rings. The quantitative estimate of drug-likeness (QED) is 0.793. The lowest BCUT2D eigenvalue weighted by Gasteiger charge is -2.24. The number of nitrogens with two attached hydrogens (primary N) is 1. The summed E-state index contributed by atoms with van der Waals surface area (Å²) in [4.78, 5) is 8.89. The number of nitrogens with one attached hydrogen (secondary N) is 2. The van der Waals surface area contributed by atoms with Crippen molar-refractivity contribution in [2.75, 3.05) is 24.1 Å². The molecule has 2 heterocycles. The zero-order chi connectivity index (χ0) is 13.8. The second-order valence-corrected chi connectivity index (χ2v) is 5.04. The first kappa shape index (κ1) is 12.9. The van der Waals surface area contributed by atoms with Crippen molar-refractivity contribution in [3.05, 3.63) is 36.4 Å². The van der Waals surface area contributed by atoms with Crippen LogP contribution in [-0.2, 0) is 0 Å². The minimum absolute atomic E-state index is 0.453. The molecule has 20 heavy (non-hydrogen) atoms. The third-order valence-electron chi connectivity index (χ3n) is 3.47. The normalized spacial score (nSPS) is 16.0. The van der Waals surface area contributed by atoms with E-state index in [1.807, 2.05) is 30.3 Å². The standard InChI is InChI=1S/C15H19N5/c16-13-10-14(18-12-6-8-17-9-7-12)20-15(19-13)11-4-2-1-3-5-11/h1-5,10,12,17H,6-9H2,(H3,16,18,19,20). The number of piperidine rings is 1. The second-order valence-electron chi connectivity index (χ2n) is 5.04. The van der Waals surface area contributed by atoms with Crippen LogP contribution in [0.25, 0.3) is 11.4 Å². The van der Waals surface area contributed by atoms with Crippen molar-refractivity contribution in [2.24, 2.45) is 0 Å². The fraction of sp³-hybridized carbons (Fsp3) is 0.333. The van der Waals surface area contributed by atoms with E-state index in [0.29, 0.717) is 17.7 Å². The van der Waals surface area contributed by atoms with Crippen molar-refractivity contribution in [3.8, 4) is 11.4 Å². The van der Waals surface area contributed by atoms with Crippen molar-refractivity contribution < 1.29 is 0 Å². The van der Waals surface area contributed by atoms with E-state index < -0.39 is 0 Å². The second kappa shape index (κ2) is 5.88. The fourth-order valence-electron chi connectivity index (χ4n) is 2.43. The van der Waals surface area contributed by atoms with E-state index in [4.69, 9.17) is 5.73 Å². The highest BCUT2D eigenvalue weighted by molar-refractivity contribution is 5.60. The third-order valence-corrected chi connectivity index (χ3v) is 3.47. The summed E-state index contributed by atoms with van der Waals surface area (Å²) in [6, 6.07) is 12.2. The smallest absolute Gasteiger partial charge is 0.163 e. The topological polar surface area (TPSA) is 75.9 Å². The van der Waals surface area contributed by atoms with Crippen LogP contribution < -0.4 is 16.4 Å². The summed E-state index contributed by atoms with van der Waals surface area (Å²) >= 11 is 0. The summed E-state index contributed by atoms with van der Waals surface area (Å²) in [5, 5.41) is 6.81. The average Bonchev–Trinajstić information content (AvgIpc) is 2.49. The highest BCUT2D eigenvalue weighted by atomic mass is 15.1. The van der Waals surface area contributed by atoms with E-state index in [-0.39, 0.29) is 0 Å². The van der Waals surface area contributed by atoms with Gasteiger partial charge in [-0.3, -0.25) is 0 Å². The molecule has 1 aliphatic rings. The fourth-order valence-corrected chi connectivity index (χ4v) is 2.43. The number of aromatic nitrogens is 2.